The Kier molecular flexibility index (Phi) is 4.80. The van der Waals surface area contributed by atoms with Crippen molar-refractivity contribution >= 4 is 22.4 Å². The van der Waals surface area contributed by atoms with Gasteiger partial charge in [0.05, 0.1) is 11.5 Å². The van der Waals surface area contributed by atoms with Crippen molar-refractivity contribution in [3.63, 3.8) is 0 Å². The lowest BCUT2D eigenvalue weighted by atomic mass is 9.96. The maximum absolute atomic E-state index is 11.7. The number of anilines is 1. The molecular weight excluding hydrogens is 256 g/mol. The number of aromatic nitrogens is 1. The van der Waals surface area contributed by atoms with Crippen LogP contribution in [0.3, 0.4) is 0 Å². The molecule has 0 aliphatic heterocycles. The highest BCUT2D eigenvalue weighted by molar-refractivity contribution is 7.15. The van der Waals surface area contributed by atoms with E-state index in [1.165, 1.54) is 6.20 Å². The summed E-state index contributed by atoms with van der Waals surface area (Å²) in [7, 11) is 0. The molecule has 102 valence electrons. The van der Waals surface area contributed by atoms with Gasteiger partial charge in [-0.2, -0.15) is 0 Å². The fraction of sp³-hybridized carbons (Fsp3) is 0.636. The summed E-state index contributed by atoms with van der Waals surface area (Å²) in [6.45, 7) is 4.80. The van der Waals surface area contributed by atoms with E-state index in [0.29, 0.717) is 10.0 Å². The molecular formula is C11H18N2O4S. The van der Waals surface area contributed by atoms with E-state index in [2.05, 4.69) is 10.3 Å². The number of thiazole rings is 1. The third-order valence-corrected chi connectivity index (χ3v) is 3.25. The van der Waals surface area contributed by atoms with Gasteiger partial charge in [-0.15, -0.1) is 0 Å². The van der Waals surface area contributed by atoms with Gasteiger partial charge in [0.2, 0.25) is 5.91 Å². The number of carbonyl (C=O) groups is 1. The van der Waals surface area contributed by atoms with Gasteiger partial charge in [0, 0.05) is 11.6 Å². The molecule has 0 radical (unpaired) electrons. The minimum absolute atomic E-state index is 0.180. The Bertz CT molecular complexity index is 413. The molecule has 1 aromatic heterocycles. The van der Waals surface area contributed by atoms with Gasteiger partial charge >= 0.3 is 0 Å². The van der Waals surface area contributed by atoms with E-state index in [-0.39, 0.29) is 5.91 Å². The van der Waals surface area contributed by atoms with Gasteiger partial charge in [-0.25, -0.2) is 4.98 Å². The van der Waals surface area contributed by atoms with Crippen LogP contribution in [0.25, 0.3) is 0 Å². The second kappa shape index (κ2) is 5.75. The summed E-state index contributed by atoms with van der Waals surface area (Å²) < 4.78 is 0. The van der Waals surface area contributed by atoms with Crippen LogP contribution >= 0.6 is 11.3 Å². The van der Waals surface area contributed by atoms with Gasteiger partial charge in [-0.1, -0.05) is 32.1 Å². The first-order chi connectivity index (χ1) is 8.25. The smallest absolute Gasteiger partial charge is 0.231 e. The van der Waals surface area contributed by atoms with E-state index < -0.39 is 24.2 Å². The normalized spacial score (nSPS) is 15.2. The Morgan fingerprint density at radius 3 is 2.61 bits per heavy atom. The minimum atomic E-state index is -1.25. The number of carbonyl (C=O) groups excluding carboxylic acids is 1. The Balaban J connectivity index is 2.72. The van der Waals surface area contributed by atoms with Gasteiger partial charge in [-0.05, 0) is 0 Å². The largest absolute Gasteiger partial charge is 0.394 e. The number of aliphatic hydroxyl groups is 3. The second-order valence-electron chi connectivity index (χ2n) is 4.97. The molecule has 0 bridgehead atoms. The van der Waals surface area contributed by atoms with Crippen molar-refractivity contribution in [3.05, 3.63) is 11.1 Å². The lowest BCUT2D eigenvalue weighted by Crippen LogP contribution is -2.27. The van der Waals surface area contributed by atoms with Gasteiger partial charge in [-0.3, -0.25) is 4.79 Å². The van der Waals surface area contributed by atoms with Crippen molar-refractivity contribution in [1.29, 1.82) is 0 Å². The van der Waals surface area contributed by atoms with Crippen molar-refractivity contribution in [2.45, 2.75) is 33.0 Å². The first-order valence-electron chi connectivity index (χ1n) is 5.50. The molecule has 0 fully saturated rings. The quantitative estimate of drug-likeness (QED) is 0.641. The van der Waals surface area contributed by atoms with E-state index in [0.717, 1.165) is 11.3 Å². The zero-order valence-corrected chi connectivity index (χ0v) is 11.4. The fourth-order valence-electron chi connectivity index (χ4n) is 1.06. The zero-order chi connectivity index (χ0) is 13.9. The summed E-state index contributed by atoms with van der Waals surface area (Å²) in [6, 6.07) is 0. The summed E-state index contributed by atoms with van der Waals surface area (Å²) in [4.78, 5) is 16.0. The molecule has 2 atom stereocenters. The Morgan fingerprint density at radius 2 is 2.11 bits per heavy atom. The highest BCUT2D eigenvalue weighted by atomic mass is 32.1. The van der Waals surface area contributed by atoms with E-state index >= 15 is 0 Å². The van der Waals surface area contributed by atoms with Crippen molar-refractivity contribution in [3.8, 4) is 0 Å². The molecule has 0 saturated heterocycles. The molecule has 0 unspecified atom stereocenters. The number of nitrogens with one attached hydrogen (secondary N) is 1. The Hall–Kier alpha value is -1.02. The number of aliphatic hydroxyl groups excluding tert-OH is 3. The number of rotatable bonds is 4. The van der Waals surface area contributed by atoms with Crippen LogP contribution in [0, 0.1) is 5.41 Å². The third kappa shape index (κ3) is 3.74. The minimum Gasteiger partial charge on any atom is -0.394 e. The van der Waals surface area contributed by atoms with Crippen LogP contribution in [0.15, 0.2) is 6.20 Å². The predicted molar refractivity (Wildman–Crippen MR) is 68.3 cm³/mol. The average molecular weight is 274 g/mol. The first-order valence-corrected chi connectivity index (χ1v) is 6.31. The molecule has 4 N–H and O–H groups in total. The number of hydrogen-bond acceptors (Lipinski definition) is 6. The van der Waals surface area contributed by atoms with Crippen LogP contribution < -0.4 is 5.32 Å². The van der Waals surface area contributed by atoms with Crippen molar-refractivity contribution < 1.29 is 20.1 Å². The van der Waals surface area contributed by atoms with E-state index in [9.17, 15) is 15.0 Å². The summed E-state index contributed by atoms with van der Waals surface area (Å²) in [5, 5.41) is 30.6. The molecule has 7 heteroatoms. The topological polar surface area (TPSA) is 103 Å². The van der Waals surface area contributed by atoms with Crippen LogP contribution in [0.2, 0.25) is 0 Å². The van der Waals surface area contributed by atoms with Gasteiger partial charge in [0.15, 0.2) is 5.13 Å². The summed E-state index contributed by atoms with van der Waals surface area (Å²) >= 11 is 1.06. The molecule has 1 aromatic rings. The zero-order valence-electron chi connectivity index (χ0n) is 10.5. The number of hydrogen-bond donors (Lipinski definition) is 4. The highest BCUT2D eigenvalue weighted by Crippen LogP contribution is 2.27. The molecule has 1 amide bonds. The average Bonchev–Trinajstić information content (AvgIpc) is 2.74. The molecule has 0 aliphatic carbocycles. The summed E-state index contributed by atoms with van der Waals surface area (Å²) in [5.74, 6) is -0.180. The molecule has 0 aromatic carbocycles. The van der Waals surface area contributed by atoms with Crippen molar-refractivity contribution in [2.24, 2.45) is 5.41 Å². The maximum atomic E-state index is 11.7. The van der Waals surface area contributed by atoms with Crippen LogP contribution in [0.4, 0.5) is 5.13 Å². The lowest BCUT2D eigenvalue weighted by Gasteiger charge is -2.16. The monoisotopic (exact) mass is 274 g/mol. The maximum Gasteiger partial charge on any atom is 0.231 e. The molecule has 0 spiro atoms. The molecule has 6 nitrogen and oxygen atoms in total. The number of nitrogens with zero attached hydrogens (tertiary/aromatic N) is 1. The highest BCUT2D eigenvalue weighted by Gasteiger charge is 2.24. The Morgan fingerprint density at radius 1 is 1.50 bits per heavy atom. The van der Waals surface area contributed by atoms with Crippen molar-refractivity contribution in [1.82, 2.24) is 4.98 Å². The van der Waals surface area contributed by atoms with Crippen LogP contribution in [0.5, 0.6) is 0 Å². The first kappa shape index (κ1) is 15.0. The van der Waals surface area contributed by atoms with E-state index in [1.54, 1.807) is 20.8 Å². The second-order valence-corrected chi connectivity index (χ2v) is 6.03. The van der Waals surface area contributed by atoms with Crippen LogP contribution in [0.1, 0.15) is 31.8 Å². The van der Waals surface area contributed by atoms with Gasteiger partial charge < -0.3 is 20.6 Å². The molecule has 0 saturated carbocycles. The van der Waals surface area contributed by atoms with Gasteiger partial charge in [0.1, 0.15) is 12.2 Å². The predicted octanol–water partition coefficient (Wildman–Crippen LogP) is 0.514. The lowest BCUT2D eigenvalue weighted by molar-refractivity contribution is -0.123. The molecule has 1 heterocycles. The third-order valence-electron chi connectivity index (χ3n) is 2.27. The summed E-state index contributed by atoms with van der Waals surface area (Å²) in [5.41, 5.74) is -0.533. The summed E-state index contributed by atoms with van der Waals surface area (Å²) in [6.07, 6.45) is -1.09. The number of amides is 1. The van der Waals surface area contributed by atoms with Crippen molar-refractivity contribution in [2.75, 3.05) is 11.9 Å². The van der Waals surface area contributed by atoms with E-state index in [4.69, 9.17) is 5.11 Å². The molecule has 1 rings (SSSR count). The Labute approximate surface area is 109 Å². The van der Waals surface area contributed by atoms with Crippen LogP contribution in [-0.4, -0.2) is 38.9 Å². The SMILES string of the molecule is CC(C)(C)C(=O)Nc1ncc([C@@H](O)[C@H](O)CO)s1. The van der Waals surface area contributed by atoms with Gasteiger partial charge in [0.25, 0.3) is 0 Å². The fourth-order valence-corrected chi connectivity index (χ4v) is 1.91. The standard InChI is InChI=1S/C11H18N2O4S/c1-11(2,3)9(17)13-10-12-4-7(18-10)8(16)6(15)5-14/h4,6,8,14-16H,5H2,1-3H3,(H,12,13,17)/t6-,8+/m1/s1. The van der Waals surface area contributed by atoms with Crippen LogP contribution in [-0.2, 0) is 4.79 Å². The molecule has 0 aliphatic rings. The van der Waals surface area contributed by atoms with E-state index in [1.807, 2.05) is 0 Å². The molecule has 18 heavy (non-hydrogen) atoms.